The van der Waals surface area contributed by atoms with E-state index in [-0.39, 0.29) is 17.9 Å². The topological polar surface area (TPSA) is 88.8 Å². The summed E-state index contributed by atoms with van der Waals surface area (Å²) in [5.74, 6) is -0.352. The fourth-order valence-electron chi connectivity index (χ4n) is 4.22. The SMILES string of the molecule is CCOC(=O)[C@]12CCCN[C@@H]1CCN(C(=O)c1cnc3cccnn13)C2. The molecule has 0 bridgehead atoms. The number of piperidine rings is 2. The van der Waals surface area contributed by atoms with Gasteiger partial charge in [0.05, 0.1) is 12.8 Å². The maximum atomic E-state index is 13.1. The van der Waals surface area contributed by atoms with Crippen molar-refractivity contribution in [2.75, 3.05) is 26.2 Å². The average molecular weight is 357 g/mol. The van der Waals surface area contributed by atoms with E-state index in [0.29, 0.717) is 31.0 Å². The van der Waals surface area contributed by atoms with Crippen LogP contribution in [0.15, 0.2) is 24.5 Å². The Morgan fingerprint density at radius 1 is 1.46 bits per heavy atom. The van der Waals surface area contributed by atoms with Gasteiger partial charge in [0, 0.05) is 25.3 Å². The predicted molar refractivity (Wildman–Crippen MR) is 93.6 cm³/mol. The number of hydrogen-bond donors (Lipinski definition) is 1. The Hall–Kier alpha value is -2.48. The number of hydrogen-bond acceptors (Lipinski definition) is 6. The van der Waals surface area contributed by atoms with Gasteiger partial charge in [-0.25, -0.2) is 9.50 Å². The average Bonchev–Trinajstić information content (AvgIpc) is 3.11. The summed E-state index contributed by atoms with van der Waals surface area (Å²) in [6, 6.07) is 3.65. The van der Waals surface area contributed by atoms with Gasteiger partial charge in [-0.3, -0.25) is 9.59 Å². The summed E-state index contributed by atoms with van der Waals surface area (Å²) in [4.78, 5) is 31.9. The fourth-order valence-corrected chi connectivity index (χ4v) is 4.22. The zero-order chi connectivity index (χ0) is 18.1. The third-order valence-corrected chi connectivity index (χ3v) is 5.48. The van der Waals surface area contributed by atoms with Crippen molar-refractivity contribution in [3.8, 4) is 0 Å². The second kappa shape index (κ2) is 6.68. The van der Waals surface area contributed by atoms with Crippen molar-refractivity contribution in [1.82, 2.24) is 24.8 Å². The molecule has 0 aromatic carbocycles. The third kappa shape index (κ3) is 2.65. The number of nitrogens with zero attached hydrogens (tertiary/aromatic N) is 4. The lowest BCUT2D eigenvalue weighted by atomic mass is 9.70. The van der Waals surface area contributed by atoms with Crippen molar-refractivity contribution >= 4 is 17.5 Å². The van der Waals surface area contributed by atoms with Gasteiger partial charge in [0.25, 0.3) is 5.91 Å². The minimum atomic E-state index is -0.671. The summed E-state index contributed by atoms with van der Waals surface area (Å²) >= 11 is 0. The molecule has 1 N–H and O–H groups in total. The standard InChI is InChI=1S/C18H23N5O3/c1-2-26-17(25)18-7-4-8-19-14(18)6-10-22(12-18)16(24)13-11-20-15-5-3-9-21-23(13)15/h3,5,9,11,14,19H,2,4,6-8,10,12H2,1H3/t14-,18+/m1/s1. The van der Waals surface area contributed by atoms with E-state index in [1.165, 1.54) is 0 Å². The Morgan fingerprint density at radius 3 is 3.19 bits per heavy atom. The van der Waals surface area contributed by atoms with E-state index in [4.69, 9.17) is 4.74 Å². The summed E-state index contributed by atoms with van der Waals surface area (Å²) in [5, 5.41) is 7.68. The van der Waals surface area contributed by atoms with Gasteiger partial charge in [0.15, 0.2) is 11.3 Å². The minimum absolute atomic E-state index is 0.0552. The Labute approximate surface area is 151 Å². The van der Waals surface area contributed by atoms with E-state index in [0.717, 1.165) is 25.8 Å². The second-order valence-corrected chi connectivity index (χ2v) is 6.94. The van der Waals surface area contributed by atoms with Crippen molar-refractivity contribution in [1.29, 1.82) is 0 Å². The largest absolute Gasteiger partial charge is 0.465 e. The molecule has 4 heterocycles. The lowest BCUT2D eigenvalue weighted by Crippen LogP contribution is -2.64. The molecule has 2 atom stereocenters. The van der Waals surface area contributed by atoms with Crippen LogP contribution in [0.3, 0.4) is 0 Å². The maximum absolute atomic E-state index is 13.1. The molecule has 26 heavy (non-hydrogen) atoms. The van der Waals surface area contributed by atoms with Gasteiger partial charge in [-0.05, 0) is 44.9 Å². The van der Waals surface area contributed by atoms with Gasteiger partial charge < -0.3 is 15.0 Å². The molecule has 2 aliphatic rings. The number of likely N-dealkylation sites (tertiary alicyclic amines) is 1. The lowest BCUT2D eigenvalue weighted by Gasteiger charge is -2.49. The van der Waals surface area contributed by atoms with Crippen LogP contribution < -0.4 is 5.32 Å². The number of ether oxygens (including phenoxy) is 1. The highest BCUT2D eigenvalue weighted by atomic mass is 16.5. The van der Waals surface area contributed by atoms with Crippen molar-refractivity contribution in [3.05, 3.63) is 30.2 Å². The first kappa shape index (κ1) is 17.0. The van der Waals surface area contributed by atoms with Crippen LogP contribution in [0.4, 0.5) is 0 Å². The number of carbonyl (C=O) groups is 2. The number of nitrogens with one attached hydrogen (secondary N) is 1. The Kier molecular flexibility index (Phi) is 4.36. The highest BCUT2D eigenvalue weighted by molar-refractivity contribution is 5.94. The van der Waals surface area contributed by atoms with Crippen molar-refractivity contribution < 1.29 is 14.3 Å². The van der Waals surface area contributed by atoms with Crippen LogP contribution in [-0.2, 0) is 9.53 Å². The molecule has 8 nitrogen and oxygen atoms in total. The van der Waals surface area contributed by atoms with Crippen LogP contribution in [0.5, 0.6) is 0 Å². The second-order valence-electron chi connectivity index (χ2n) is 6.94. The summed E-state index contributed by atoms with van der Waals surface area (Å²) in [5.41, 5.74) is 0.378. The first-order valence-electron chi connectivity index (χ1n) is 9.14. The summed E-state index contributed by atoms with van der Waals surface area (Å²) in [6.07, 6.45) is 5.54. The van der Waals surface area contributed by atoms with Crippen LogP contribution in [0.2, 0.25) is 0 Å². The first-order valence-corrected chi connectivity index (χ1v) is 9.14. The maximum Gasteiger partial charge on any atom is 0.315 e. The Balaban J connectivity index is 1.63. The highest BCUT2D eigenvalue weighted by Gasteiger charge is 2.52. The van der Waals surface area contributed by atoms with Gasteiger partial charge in [-0.15, -0.1) is 0 Å². The van der Waals surface area contributed by atoms with Crippen molar-refractivity contribution in [2.24, 2.45) is 5.41 Å². The smallest absolute Gasteiger partial charge is 0.315 e. The molecule has 2 aromatic heterocycles. The fraction of sp³-hybridized carbons (Fsp3) is 0.556. The summed E-state index contributed by atoms with van der Waals surface area (Å²) in [7, 11) is 0. The molecule has 0 spiro atoms. The highest BCUT2D eigenvalue weighted by Crippen LogP contribution is 2.39. The number of carbonyl (C=O) groups excluding carboxylic acids is 2. The van der Waals surface area contributed by atoms with E-state index in [1.807, 2.05) is 6.92 Å². The molecule has 0 saturated carbocycles. The number of fused-ring (bicyclic) bond motifs is 2. The van der Waals surface area contributed by atoms with Gasteiger partial charge in [0.1, 0.15) is 5.41 Å². The van der Waals surface area contributed by atoms with E-state index >= 15 is 0 Å². The summed E-state index contributed by atoms with van der Waals surface area (Å²) < 4.78 is 6.93. The molecule has 0 unspecified atom stereocenters. The molecule has 2 fully saturated rings. The van der Waals surface area contributed by atoms with Crippen LogP contribution in [0, 0.1) is 5.41 Å². The van der Waals surface area contributed by atoms with Gasteiger partial charge >= 0.3 is 5.97 Å². The zero-order valence-electron chi connectivity index (χ0n) is 14.9. The van der Waals surface area contributed by atoms with E-state index in [2.05, 4.69) is 15.4 Å². The number of esters is 1. The molecular formula is C18H23N5O3. The molecular weight excluding hydrogens is 334 g/mol. The molecule has 8 heteroatoms. The van der Waals surface area contributed by atoms with Gasteiger partial charge in [-0.1, -0.05) is 0 Å². The summed E-state index contributed by atoms with van der Waals surface area (Å²) in [6.45, 7) is 4.02. The van der Waals surface area contributed by atoms with Crippen LogP contribution in [0.25, 0.3) is 5.65 Å². The number of amides is 1. The predicted octanol–water partition coefficient (Wildman–Crippen LogP) is 0.877. The van der Waals surface area contributed by atoms with Crippen LogP contribution in [0.1, 0.15) is 36.7 Å². The van der Waals surface area contributed by atoms with Gasteiger partial charge in [-0.2, -0.15) is 5.10 Å². The molecule has 2 saturated heterocycles. The number of rotatable bonds is 3. The molecule has 2 aliphatic heterocycles. The quantitative estimate of drug-likeness (QED) is 0.820. The van der Waals surface area contributed by atoms with Gasteiger partial charge in [0.2, 0.25) is 0 Å². The monoisotopic (exact) mass is 357 g/mol. The van der Waals surface area contributed by atoms with Crippen molar-refractivity contribution in [3.63, 3.8) is 0 Å². The van der Waals surface area contributed by atoms with Crippen LogP contribution >= 0.6 is 0 Å². The first-order chi connectivity index (χ1) is 12.7. The molecule has 138 valence electrons. The normalized spacial score (nSPS) is 25.7. The minimum Gasteiger partial charge on any atom is -0.465 e. The zero-order valence-corrected chi connectivity index (χ0v) is 14.9. The Morgan fingerprint density at radius 2 is 2.35 bits per heavy atom. The lowest BCUT2D eigenvalue weighted by molar-refractivity contribution is -0.162. The molecule has 4 rings (SSSR count). The van der Waals surface area contributed by atoms with Crippen LogP contribution in [-0.4, -0.2) is 63.7 Å². The number of imidazole rings is 1. The Bertz CT molecular complexity index is 835. The van der Waals surface area contributed by atoms with Crippen molar-refractivity contribution in [2.45, 2.75) is 32.2 Å². The van der Waals surface area contributed by atoms with E-state index in [9.17, 15) is 9.59 Å². The van der Waals surface area contributed by atoms with E-state index in [1.54, 1.807) is 33.9 Å². The molecule has 2 aromatic rings. The third-order valence-electron chi connectivity index (χ3n) is 5.48. The van der Waals surface area contributed by atoms with E-state index < -0.39 is 5.41 Å². The molecule has 0 radical (unpaired) electrons. The molecule has 0 aliphatic carbocycles. The number of aromatic nitrogens is 3. The molecule has 1 amide bonds.